The first kappa shape index (κ1) is 15.8. The number of hydrogen-bond donors (Lipinski definition) is 0. The van der Waals surface area contributed by atoms with E-state index in [1.165, 1.54) is 32.4 Å². The van der Waals surface area contributed by atoms with Gasteiger partial charge in [-0.3, -0.25) is 14.9 Å². The van der Waals surface area contributed by atoms with Gasteiger partial charge < -0.3 is 9.47 Å². The molecule has 2 aromatic rings. The van der Waals surface area contributed by atoms with E-state index in [9.17, 15) is 14.9 Å². The largest absolute Gasteiger partial charge is 0.497 e. The second kappa shape index (κ2) is 6.44. The van der Waals surface area contributed by atoms with Crippen LogP contribution >= 0.6 is 11.6 Å². The van der Waals surface area contributed by atoms with E-state index in [0.29, 0.717) is 11.5 Å². The van der Waals surface area contributed by atoms with Crippen LogP contribution in [0.2, 0.25) is 5.02 Å². The minimum atomic E-state index is -0.637. The average Bonchev–Trinajstić information content (AvgIpc) is 2.53. The summed E-state index contributed by atoms with van der Waals surface area (Å²) in [6.45, 7) is 0. The van der Waals surface area contributed by atoms with Crippen LogP contribution in [0.3, 0.4) is 0 Å². The topological polar surface area (TPSA) is 78.7 Å². The first-order valence-electron chi connectivity index (χ1n) is 6.18. The fraction of sp³-hybridized carbons (Fsp3) is 0.133. The molecule has 0 N–H and O–H groups in total. The summed E-state index contributed by atoms with van der Waals surface area (Å²) in [6.07, 6.45) is 0. The van der Waals surface area contributed by atoms with Gasteiger partial charge in [0.2, 0.25) is 0 Å². The molecular weight excluding hydrogens is 310 g/mol. The van der Waals surface area contributed by atoms with Gasteiger partial charge in [-0.1, -0.05) is 11.6 Å². The van der Waals surface area contributed by atoms with Crippen molar-refractivity contribution in [3.8, 4) is 11.5 Å². The second-order valence-corrected chi connectivity index (χ2v) is 4.73. The van der Waals surface area contributed by atoms with Crippen LogP contribution < -0.4 is 9.47 Å². The molecule has 0 aliphatic heterocycles. The molecule has 7 heteroatoms. The third kappa shape index (κ3) is 3.01. The molecule has 114 valence electrons. The number of ether oxygens (including phenoxy) is 2. The SMILES string of the molecule is COc1ccc(OC)c(C(=O)c2ccc(Cl)c([N+](=O)[O-])c2)c1. The standard InChI is InChI=1S/C15H12ClNO5/c1-21-10-4-6-14(22-2)11(8-10)15(18)9-3-5-12(16)13(7-9)17(19)20/h3-8H,1-2H3. The summed E-state index contributed by atoms with van der Waals surface area (Å²) in [5, 5.41) is 10.9. The highest BCUT2D eigenvalue weighted by molar-refractivity contribution is 6.32. The highest BCUT2D eigenvalue weighted by Crippen LogP contribution is 2.30. The number of methoxy groups -OCH3 is 2. The highest BCUT2D eigenvalue weighted by Gasteiger charge is 2.20. The lowest BCUT2D eigenvalue weighted by atomic mass is 10.0. The van der Waals surface area contributed by atoms with Crippen LogP contribution in [0.4, 0.5) is 5.69 Å². The Morgan fingerprint density at radius 3 is 2.45 bits per heavy atom. The van der Waals surface area contributed by atoms with Crippen LogP contribution in [0.25, 0.3) is 0 Å². The van der Waals surface area contributed by atoms with Gasteiger partial charge in [-0.2, -0.15) is 0 Å². The van der Waals surface area contributed by atoms with Crippen LogP contribution in [0.15, 0.2) is 36.4 Å². The molecule has 0 bridgehead atoms. The predicted molar refractivity (Wildman–Crippen MR) is 81.1 cm³/mol. The molecular formula is C15H12ClNO5. The Kier molecular flexibility index (Phi) is 4.62. The normalized spacial score (nSPS) is 10.1. The maximum absolute atomic E-state index is 12.6. The summed E-state index contributed by atoms with van der Waals surface area (Å²) in [6, 6.07) is 8.65. The van der Waals surface area contributed by atoms with E-state index in [1.807, 2.05) is 0 Å². The molecule has 0 heterocycles. The van der Waals surface area contributed by atoms with Gasteiger partial charge in [-0.15, -0.1) is 0 Å². The monoisotopic (exact) mass is 321 g/mol. The minimum Gasteiger partial charge on any atom is -0.497 e. The molecule has 0 radical (unpaired) electrons. The number of nitrogens with zero attached hydrogens (tertiary/aromatic N) is 1. The molecule has 0 unspecified atom stereocenters. The summed E-state index contributed by atoms with van der Waals surface area (Å²) >= 11 is 5.75. The summed E-state index contributed by atoms with van der Waals surface area (Å²) in [4.78, 5) is 22.9. The summed E-state index contributed by atoms with van der Waals surface area (Å²) < 4.78 is 10.2. The maximum Gasteiger partial charge on any atom is 0.288 e. The molecule has 2 rings (SSSR count). The quantitative estimate of drug-likeness (QED) is 0.478. The fourth-order valence-electron chi connectivity index (χ4n) is 1.94. The molecule has 22 heavy (non-hydrogen) atoms. The van der Waals surface area contributed by atoms with E-state index >= 15 is 0 Å². The molecule has 0 fully saturated rings. The summed E-state index contributed by atoms with van der Waals surface area (Å²) in [5.74, 6) is 0.409. The Morgan fingerprint density at radius 2 is 1.86 bits per heavy atom. The molecule has 2 aromatic carbocycles. The Labute approximate surface area is 131 Å². The van der Waals surface area contributed by atoms with Crippen molar-refractivity contribution in [1.82, 2.24) is 0 Å². The number of benzene rings is 2. The predicted octanol–water partition coefficient (Wildman–Crippen LogP) is 3.50. The van der Waals surface area contributed by atoms with Crippen molar-refractivity contribution >= 4 is 23.1 Å². The minimum absolute atomic E-state index is 0.0286. The summed E-state index contributed by atoms with van der Waals surface area (Å²) in [5.41, 5.74) is 0.0653. The van der Waals surface area contributed by atoms with Gasteiger partial charge in [0, 0.05) is 11.6 Å². The van der Waals surface area contributed by atoms with Gasteiger partial charge in [0.05, 0.1) is 24.7 Å². The van der Waals surface area contributed by atoms with Crippen molar-refractivity contribution in [1.29, 1.82) is 0 Å². The summed E-state index contributed by atoms with van der Waals surface area (Å²) in [7, 11) is 2.91. The zero-order chi connectivity index (χ0) is 16.3. The molecule has 0 amide bonds. The third-order valence-corrected chi connectivity index (χ3v) is 3.38. The number of hydrogen-bond acceptors (Lipinski definition) is 5. The first-order chi connectivity index (χ1) is 10.5. The van der Waals surface area contributed by atoms with Crippen molar-refractivity contribution in [3.05, 3.63) is 62.7 Å². The van der Waals surface area contributed by atoms with E-state index in [1.54, 1.807) is 12.1 Å². The Bertz CT molecular complexity index is 745. The Hall–Kier alpha value is -2.60. The zero-order valence-electron chi connectivity index (χ0n) is 11.8. The van der Waals surface area contributed by atoms with E-state index in [0.717, 1.165) is 6.07 Å². The Balaban J connectivity index is 2.52. The maximum atomic E-state index is 12.6. The van der Waals surface area contributed by atoms with Gasteiger partial charge in [-0.05, 0) is 30.3 Å². The number of nitro benzene ring substituents is 1. The lowest BCUT2D eigenvalue weighted by molar-refractivity contribution is -0.384. The van der Waals surface area contributed by atoms with E-state index < -0.39 is 10.7 Å². The van der Waals surface area contributed by atoms with Gasteiger partial charge in [-0.25, -0.2) is 0 Å². The van der Waals surface area contributed by atoms with Gasteiger partial charge in [0.25, 0.3) is 5.69 Å². The van der Waals surface area contributed by atoms with E-state index in [2.05, 4.69) is 0 Å². The van der Waals surface area contributed by atoms with Crippen molar-refractivity contribution in [2.75, 3.05) is 14.2 Å². The Morgan fingerprint density at radius 1 is 1.14 bits per heavy atom. The van der Waals surface area contributed by atoms with Crippen molar-refractivity contribution in [2.45, 2.75) is 0 Å². The van der Waals surface area contributed by atoms with Crippen molar-refractivity contribution in [3.63, 3.8) is 0 Å². The molecule has 0 spiro atoms. The van der Waals surface area contributed by atoms with E-state index in [-0.39, 0.29) is 21.8 Å². The lowest BCUT2D eigenvalue weighted by Gasteiger charge is -2.10. The average molecular weight is 322 g/mol. The van der Waals surface area contributed by atoms with Crippen LogP contribution in [-0.4, -0.2) is 24.9 Å². The lowest BCUT2D eigenvalue weighted by Crippen LogP contribution is -2.05. The highest BCUT2D eigenvalue weighted by atomic mass is 35.5. The van der Waals surface area contributed by atoms with Crippen LogP contribution in [0.1, 0.15) is 15.9 Å². The van der Waals surface area contributed by atoms with Crippen molar-refractivity contribution in [2.24, 2.45) is 0 Å². The number of carbonyl (C=O) groups excluding carboxylic acids is 1. The van der Waals surface area contributed by atoms with Crippen LogP contribution in [0.5, 0.6) is 11.5 Å². The number of carbonyl (C=O) groups is 1. The van der Waals surface area contributed by atoms with E-state index in [4.69, 9.17) is 21.1 Å². The number of halogens is 1. The fourth-order valence-corrected chi connectivity index (χ4v) is 2.13. The smallest absolute Gasteiger partial charge is 0.288 e. The molecule has 0 saturated heterocycles. The van der Waals surface area contributed by atoms with Gasteiger partial charge in [0.15, 0.2) is 5.78 Å². The first-order valence-corrected chi connectivity index (χ1v) is 6.56. The molecule has 0 atom stereocenters. The van der Waals surface area contributed by atoms with Crippen LogP contribution in [0, 0.1) is 10.1 Å². The molecule has 6 nitrogen and oxygen atoms in total. The van der Waals surface area contributed by atoms with Crippen molar-refractivity contribution < 1.29 is 19.2 Å². The zero-order valence-corrected chi connectivity index (χ0v) is 12.6. The van der Waals surface area contributed by atoms with Gasteiger partial charge in [0.1, 0.15) is 16.5 Å². The van der Waals surface area contributed by atoms with Gasteiger partial charge >= 0.3 is 0 Å². The number of ketones is 1. The number of nitro groups is 1. The molecule has 0 saturated carbocycles. The number of rotatable bonds is 5. The van der Waals surface area contributed by atoms with Crippen LogP contribution in [-0.2, 0) is 0 Å². The third-order valence-electron chi connectivity index (χ3n) is 3.06. The molecule has 0 aliphatic carbocycles. The molecule has 0 aromatic heterocycles. The second-order valence-electron chi connectivity index (χ2n) is 4.32. The molecule has 0 aliphatic rings.